The molecular formula is C11H16ClN3. The minimum Gasteiger partial charge on any atom is -0.330 e. The van der Waals surface area contributed by atoms with Crippen LogP contribution in [0.1, 0.15) is 43.0 Å². The van der Waals surface area contributed by atoms with E-state index in [2.05, 4.69) is 16.0 Å². The van der Waals surface area contributed by atoms with E-state index in [0.29, 0.717) is 17.7 Å². The van der Waals surface area contributed by atoms with E-state index in [1.165, 1.54) is 25.7 Å². The van der Waals surface area contributed by atoms with Gasteiger partial charge in [0.05, 0.1) is 0 Å². The summed E-state index contributed by atoms with van der Waals surface area (Å²) in [7, 11) is 0. The fraction of sp³-hybridized carbons (Fsp3) is 0.636. The molecule has 0 aromatic carbocycles. The van der Waals surface area contributed by atoms with Crippen LogP contribution in [0.2, 0.25) is 5.28 Å². The van der Waals surface area contributed by atoms with Crippen LogP contribution in [0, 0.1) is 0 Å². The van der Waals surface area contributed by atoms with E-state index in [0.717, 1.165) is 17.8 Å². The molecule has 0 aliphatic heterocycles. The van der Waals surface area contributed by atoms with Crippen molar-refractivity contribution >= 4 is 11.6 Å². The van der Waals surface area contributed by atoms with Crippen molar-refractivity contribution in [2.45, 2.75) is 38.0 Å². The highest BCUT2D eigenvalue weighted by molar-refractivity contribution is 6.28. The van der Waals surface area contributed by atoms with Crippen molar-refractivity contribution in [2.24, 2.45) is 5.73 Å². The second-order valence-electron chi connectivity index (χ2n) is 4.07. The van der Waals surface area contributed by atoms with Gasteiger partial charge in [0.25, 0.3) is 0 Å². The molecular weight excluding hydrogens is 210 g/mol. The highest BCUT2D eigenvalue weighted by Crippen LogP contribution is 2.33. The molecule has 1 aliphatic rings. The Bertz CT molecular complexity index is 335. The van der Waals surface area contributed by atoms with Crippen LogP contribution in [-0.2, 0) is 6.42 Å². The lowest BCUT2D eigenvalue weighted by Crippen LogP contribution is -2.07. The van der Waals surface area contributed by atoms with Crippen LogP contribution in [0.4, 0.5) is 0 Å². The Labute approximate surface area is 95.1 Å². The molecule has 0 amide bonds. The molecule has 3 nitrogen and oxygen atoms in total. The zero-order valence-corrected chi connectivity index (χ0v) is 9.50. The first-order chi connectivity index (χ1) is 7.29. The highest BCUT2D eigenvalue weighted by atomic mass is 35.5. The summed E-state index contributed by atoms with van der Waals surface area (Å²) in [5, 5.41) is 0.364. The first kappa shape index (κ1) is 10.8. The maximum absolute atomic E-state index is 5.90. The van der Waals surface area contributed by atoms with Crippen LogP contribution in [0.25, 0.3) is 0 Å². The third-order valence-corrected chi connectivity index (χ3v) is 3.11. The van der Waals surface area contributed by atoms with Gasteiger partial charge in [-0.15, -0.1) is 0 Å². The molecule has 2 N–H and O–H groups in total. The van der Waals surface area contributed by atoms with Crippen molar-refractivity contribution < 1.29 is 0 Å². The molecule has 0 atom stereocenters. The number of halogens is 1. The lowest BCUT2D eigenvalue weighted by Gasteiger charge is -2.09. The molecule has 1 aromatic rings. The summed E-state index contributed by atoms with van der Waals surface area (Å²) < 4.78 is 0. The number of aromatic nitrogens is 2. The monoisotopic (exact) mass is 225 g/mol. The van der Waals surface area contributed by atoms with Crippen molar-refractivity contribution in [3.63, 3.8) is 0 Å². The SMILES string of the molecule is NCCc1cc(C2CCCC2)nc(Cl)n1. The van der Waals surface area contributed by atoms with Gasteiger partial charge in [0.2, 0.25) is 5.28 Å². The van der Waals surface area contributed by atoms with Gasteiger partial charge in [-0.2, -0.15) is 0 Å². The Hall–Kier alpha value is -0.670. The van der Waals surface area contributed by atoms with Crippen LogP contribution >= 0.6 is 11.6 Å². The molecule has 1 heterocycles. The van der Waals surface area contributed by atoms with Crippen molar-refractivity contribution in [2.75, 3.05) is 6.54 Å². The van der Waals surface area contributed by atoms with E-state index >= 15 is 0 Å². The van der Waals surface area contributed by atoms with E-state index < -0.39 is 0 Å². The number of hydrogen-bond acceptors (Lipinski definition) is 3. The maximum Gasteiger partial charge on any atom is 0.222 e. The number of nitrogens with two attached hydrogens (primary N) is 1. The molecule has 0 unspecified atom stereocenters. The van der Waals surface area contributed by atoms with Crippen LogP contribution in [-0.4, -0.2) is 16.5 Å². The molecule has 0 spiro atoms. The Kier molecular flexibility index (Phi) is 3.54. The van der Waals surface area contributed by atoms with Gasteiger partial charge in [-0.25, -0.2) is 9.97 Å². The molecule has 1 aromatic heterocycles. The second kappa shape index (κ2) is 4.90. The van der Waals surface area contributed by atoms with E-state index in [1.54, 1.807) is 0 Å². The Morgan fingerprint density at radius 3 is 2.73 bits per heavy atom. The van der Waals surface area contributed by atoms with Crippen LogP contribution in [0.3, 0.4) is 0 Å². The topological polar surface area (TPSA) is 51.8 Å². The van der Waals surface area contributed by atoms with E-state index in [-0.39, 0.29) is 0 Å². The second-order valence-corrected chi connectivity index (χ2v) is 4.41. The third-order valence-electron chi connectivity index (χ3n) is 2.95. The number of rotatable bonds is 3. The summed E-state index contributed by atoms with van der Waals surface area (Å²) in [6, 6.07) is 2.06. The van der Waals surface area contributed by atoms with Crippen LogP contribution < -0.4 is 5.73 Å². The summed E-state index contributed by atoms with van der Waals surface area (Å²) in [4.78, 5) is 8.48. The molecule has 1 aliphatic carbocycles. The molecule has 2 rings (SSSR count). The highest BCUT2D eigenvalue weighted by Gasteiger charge is 2.19. The van der Waals surface area contributed by atoms with Gasteiger partial charge in [0.1, 0.15) is 0 Å². The summed E-state index contributed by atoms with van der Waals surface area (Å²) >= 11 is 5.90. The first-order valence-electron chi connectivity index (χ1n) is 5.53. The number of hydrogen-bond donors (Lipinski definition) is 1. The lowest BCUT2D eigenvalue weighted by atomic mass is 10.0. The lowest BCUT2D eigenvalue weighted by molar-refractivity contribution is 0.689. The van der Waals surface area contributed by atoms with Gasteiger partial charge in [-0.3, -0.25) is 0 Å². The van der Waals surface area contributed by atoms with Gasteiger partial charge in [0.15, 0.2) is 0 Å². The average molecular weight is 226 g/mol. The summed E-state index contributed by atoms with van der Waals surface area (Å²) in [5.74, 6) is 0.585. The molecule has 4 heteroatoms. The van der Waals surface area contributed by atoms with Gasteiger partial charge in [-0.05, 0) is 37.1 Å². The molecule has 0 radical (unpaired) electrons. The van der Waals surface area contributed by atoms with Gasteiger partial charge in [-0.1, -0.05) is 12.8 Å². The molecule has 0 bridgehead atoms. The van der Waals surface area contributed by atoms with Crippen molar-refractivity contribution in [1.29, 1.82) is 0 Å². The summed E-state index contributed by atoms with van der Waals surface area (Å²) in [6.07, 6.45) is 5.85. The Morgan fingerprint density at radius 2 is 2.07 bits per heavy atom. The van der Waals surface area contributed by atoms with E-state index in [4.69, 9.17) is 17.3 Å². The van der Waals surface area contributed by atoms with Crippen molar-refractivity contribution in [3.8, 4) is 0 Å². The smallest absolute Gasteiger partial charge is 0.222 e. The van der Waals surface area contributed by atoms with Gasteiger partial charge >= 0.3 is 0 Å². The van der Waals surface area contributed by atoms with Crippen molar-refractivity contribution in [1.82, 2.24) is 9.97 Å². The standard InChI is InChI=1S/C11H16ClN3/c12-11-14-9(5-6-13)7-10(15-11)8-3-1-2-4-8/h7-8H,1-6,13H2. The molecule has 82 valence electrons. The maximum atomic E-state index is 5.90. The van der Waals surface area contributed by atoms with E-state index in [1.807, 2.05) is 0 Å². The first-order valence-corrected chi connectivity index (χ1v) is 5.91. The van der Waals surface area contributed by atoms with Crippen molar-refractivity contribution in [3.05, 3.63) is 22.7 Å². The van der Waals surface area contributed by atoms with Crippen LogP contribution in [0.15, 0.2) is 6.07 Å². The zero-order valence-electron chi connectivity index (χ0n) is 8.75. The molecule has 15 heavy (non-hydrogen) atoms. The normalized spacial score (nSPS) is 17.2. The molecule has 1 saturated carbocycles. The predicted molar refractivity (Wildman–Crippen MR) is 61.0 cm³/mol. The predicted octanol–water partition coefficient (Wildman–Crippen LogP) is 2.29. The van der Waals surface area contributed by atoms with Crippen LogP contribution in [0.5, 0.6) is 0 Å². The minimum atomic E-state index is 0.364. The van der Waals surface area contributed by atoms with Gasteiger partial charge in [0, 0.05) is 23.7 Å². The summed E-state index contributed by atoms with van der Waals surface area (Å²) in [5.41, 5.74) is 7.59. The Balaban J connectivity index is 2.22. The largest absolute Gasteiger partial charge is 0.330 e. The molecule has 1 fully saturated rings. The zero-order chi connectivity index (χ0) is 10.7. The fourth-order valence-electron chi connectivity index (χ4n) is 2.19. The molecule has 0 saturated heterocycles. The summed E-state index contributed by atoms with van der Waals surface area (Å²) in [6.45, 7) is 0.609. The number of nitrogens with zero attached hydrogens (tertiary/aromatic N) is 2. The van der Waals surface area contributed by atoms with E-state index in [9.17, 15) is 0 Å². The minimum absolute atomic E-state index is 0.364. The third kappa shape index (κ3) is 2.67. The average Bonchev–Trinajstić information content (AvgIpc) is 2.70. The fourth-order valence-corrected chi connectivity index (χ4v) is 2.40. The quantitative estimate of drug-likeness (QED) is 0.804. The Morgan fingerprint density at radius 1 is 1.33 bits per heavy atom. The van der Waals surface area contributed by atoms with Gasteiger partial charge < -0.3 is 5.73 Å².